The Bertz CT molecular complexity index is 1730. The Hall–Kier alpha value is -4.62. The van der Waals surface area contributed by atoms with Crippen LogP contribution in [0, 0.1) is 13.8 Å². The van der Waals surface area contributed by atoms with Crippen LogP contribution in [0.4, 0.5) is 11.4 Å². The van der Waals surface area contributed by atoms with Gasteiger partial charge in [0.1, 0.15) is 18.0 Å². The fourth-order valence-corrected chi connectivity index (χ4v) is 6.10. The van der Waals surface area contributed by atoms with Crippen LogP contribution in [0.3, 0.4) is 0 Å². The van der Waals surface area contributed by atoms with Gasteiger partial charge in [-0.15, -0.1) is 0 Å². The van der Waals surface area contributed by atoms with Crippen LogP contribution in [0.25, 0.3) is 10.8 Å². The van der Waals surface area contributed by atoms with E-state index in [2.05, 4.69) is 5.32 Å². The highest BCUT2D eigenvalue weighted by Crippen LogP contribution is 2.32. The minimum absolute atomic E-state index is 0.150. The first-order valence-corrected chi connectivity index (χ1v) is 14.0. The van der Waals surface area contributed by atoms with E-state index in [1.807, 2.05) is 74.5 Å². The number of ether oxygens (including phenoxy) is 1. The third kappa shape index (κ3) is 5.63. The number of anilines is 2. The minimum atomic E-state index is -4.10. The molecule has 0 spiro atoms. The number of para-hydroxylation sites is 1. The maximum atomic E-state index is 14.1. The van der Waals surface area contributed by atoms with Crippen LogP contribution in [-0.4, -0.2) is 20.9 Å². The number of sulfonamides is 1. The first-order valence-electron chi connectivity index (χ1n) is 12.5. The molecule has 0 fully saturated rings. The van der Waals surface area contributed by atoms with Crippen molar-refractivity contribution in [2.24, 2.45) is 0 Å². The van der Waals surface area contributed by atoms with Crippen LogP contribution in [0.5, 0.6) is 11.5 Å². The number of carbonyl (C=O) groups is 1. The van der Waals surface area contributed by atoms with Crippen molar-refractivity contribution in [2.75, 3.05) is 16.2 Å². The number of fused-ring (bicyclic) bond motifs is 1. The van der Waals surface area contributed by atoms with E-state index < -0.39 is 22.5 Å². The summed E-state index contributed by atoms with van der Waals surface area (Å²) in [6, 6.07) is 34.3. The molecule has 0 atom stereocenters. The van der Waals surface area contributed by atoms with Gasteiger partial charge in [-0.1, -0.05) is 66.7 Å². The van der Waals surface area contributed by atoms with Crippen molar-refractivity contribution in [3.05, 3.63) is 126 Å². The molecule has 0 aliphatic heterocycles. The first kappa shape index (κ1) is 26.0. The molecule has 1 N–H and O–H groups in total. The maximum absolute atomic E-state index is 14.1. The average Bonchev–Trinajstić information content (AvgIpc) is 2.95. The molecule has 5 aromatic rings. The third-order valence-corrected chi connectivity index (χ3v) is 8.38. The zero-order chi connectivity index (χ0) is 27.4. The molecule has 0 saturated carbocycles. The molecule has 5 rings (SSSR count). The number of rotatable bonds is 8. The van der Waals surface area contributed by atoms with Gasteiger partial charge >= 0.3 is 0 Å². The number of amides is 1. The smallest absolute Gasteiger partial charge is 0.265 e. The predicted molar refractivity (Wildman–Crippen MR) is 156 cm³/mol. The summed E-state index contributed by atoms with van der Waals surface area (Å²) in [4.78, 5) is 13.4. The van der Waals surface area contributed by atoms with Crippen LogP contribution in [0.2, 0.25) is 0 Å². The van der Waals surface area contributed by atoms with Crippen molar-refractivity contribution >= 4 is 38.1 Å². The van der Waals surface area contributed by atoms with Crippen molar-refractivity contribution in [3.63, 3.8) is 0 Å². The summed E-state index contributed by atoms with van der Waals surface area (Å²) in [5.74, 6) is 0.864. The summed E-state index contributed by atoms with van der Waals surface area (Å²) in [5, 5.41) is 4.24. The molecule has 1 amide bonds. The van der Waals surface area contributed by atoms with E-state index in [4.69, 9.17) is 4.74 Å². The highest BCUT2D eigenvalue weighted by Gasteiger charge is 2.30. The molecule has 0 unspecified atom stereocenters. The van der Waals surface area contributed by atoms with Crippen LogP contribution in [0.15, 0.2) is 120 Å². The molecule has 0 aliphatic rings. The molecule has 5 aromatic carbocycles. The molecule has 0 aromatic heterocycles. The van der Waals surface area contributed by atoms with E-state index in [9.17, 15) is 13.2 Å². The number of nitrogens with one attached hydrogen (secondary N) is 1. The summed E-state index contributed by atoms with van der Waals surface area (Å²) in [7, 11) is -4.10. The van der Waals surface area contributed by atoms with E-state index in [1.165, 1.54) is 4.31 Å². The number of carbonyl (C=O) groups excluding carboxylic acids is 1. The van der Waals surface area contributed by atoms with Gasteiger partial charge < -0.3 is 10.1 Å². The number of benzene rings is 5. The lowest BCUT2D eigenvalue weighted by Gasteiger charge is -2.27. The molecule has 0 bridgehead atoms. The lowest BCUT2D eigenvalue weighted by molar-refractivity contribution is -0.114. The van der Waals surface area contributed by atoms with Crippen molar-refractivity contribution in [1.82, 2.24) is 0 Å². The van der Waals surface area contributed by atoms with E-state index in [0.717, 1.165) is 16.5 Å². The minimum Gasteiger partial charge on any atom is -0.457 e. The molecule has 0 heterocycles. The summed E-state index contributed by atoms with van der Waals surface area (Å²) in [5.41, 5.74) is 2.71. The number of hydrogen-bond acceptors (Lipinski definition) is 4. The van der Waals surface area contributed by atoms with Crippen LogP contribution in [-0.2, 0) is 14.8 Å². The van der Waals surface area contributed by atoms with Crippen molar-refractivity contribution in [1.29, 1.82) is 0 Å². The molecule has 0 aliphatic carbocycles. The summed E-state index contributed by atoms with van der Waals surface area (Å²) < 4.78 is 35.3. The van der Waals surface area contributed by atoms with Crippen molar-refractivity contribution in [2.45, 2.75) is 18.7 Å². The number of nitrogens with zero attached hydrogens (tertiary/aromatic N) is 1. The van der Waals surface area contributed by atoms with E-state index >= 15 is 0 Å². The zero-order valence-electron chi connectivity index (χ0n) is 21.7. The highest BCUT2D eigenvalue weighted by atomic mass is 32.2. The van der Waals surface area contributed by atoms with Crippen LogP contribution in [0.1, 0.15) is 11.1 Å². The highest BCUT2D eigenvalue weighted by molar-refractivity contribution is 7.93. The van der Waals surface area contributed by atoms with Gasteiger partial charge in [0.05, 0.1) is 10.6 Å². The van der Waals surface area contributed by atoms with Gasteiger partial charge in [0.15, 0.2) is 0 Å². The average molecular weight is 537 g/mol. The van der Waals surface area contributed by atoms with Crippen molar-refractivity contribution in [3.8, 4) is 11.5 Å². The first-order chi connectivity index (χ1) is 18.8. The standard InChI is InChI=1S/C32H28N2O4S/c1-23-10-8-16-30(24(23)2)34(39(36,37)31-17-9-12-25-11-6-7-15-29(25)31)22-32(35)33-26-18-20-28(21-19-26)38-27-13-4-3-5-14-27/h3-21H,22H2,1-2H3,(H,33,35). The Balaban J connectivity index is 1.44. The number of hydrogen-bond donors (Lipinski definition) is 1. The van der Waals surface area contributed by atoms with Gasteiger partial charge in [-0.3, -0.25) is 9.10 Å². The van der Waals surface area contributed by atoms with E-state index in [1.54, 1.807) is 54.6 Å². The Morgan fingerprint density at radius 1 is 0.744 bits per heavy atom. The second kappa shape index (κ2) is 11.0. The quantitative estimate of drug-likeness (QED) is 0.230. The third-order valence-electron chi connectivity index (χ3n) is 6.57. The summed E-state index contributed by atoms with van der Waals surface area (Å²) in [6.07, 6.45) is 0. The number of aryl methyl sites for hydroxylation is 1. The molecular weight excluding hydrogens is 508 g/mol. The zero-order valence-corrected chi connectivity index (χ0v) is 22.5. The molecule has 7 heteroatoms. The van der Waals surface area contributed by atoms with Crippen molar-refractivity contribution < 1.29 is 17.9 Å². The van der Waals surface area contributed by atoms with E-state index in [0.29, 0.717) is 28.3 Å². The Morgan fingerprint density at radius 3 is 2.15 bits per heavy atom. The van der Waals surface area contributed by atoms with Gasteiger partial charge in [-0.05, 0) is 78.9 Å². The molecule has 6 nitrogen and oxygen atoms in total. The topological polar surface area (TPSA) is 75.7 Å². The monoisotopic (exact) mass is 536 g/mol. The Labute approximate surface area is 228 Å². The fourth-order valence-electron chi connectivity index (χ4n) is 4.41. The maximum Gasteiger partial charge on any atom is 0.265 e. The lowest BCUT2D eigenvalue weighted by atomic mass is 10.1. The molecule has 196 valence electrons. The lowest BCUT2D eigenvalue weighted by Crippen LogP contribution is -2.38. The normalized spacial score (nSPS) is 11.2. The van der Waals surface area contributed by atoms with Gasteiger partial charge in [0.2, 0.25) is 5.91 Å². The molecule has 0 saturated heterocycles. The Kier molecular flexibility index (Phi) is 7.34. The predicted octanol–water partition coefficient (Wildman–Crippen LogP) is 7.08. The SMILES string of the molecule is Cc1cccc(N(CC(=O)Nc2ccc(Oc3ccccc3)cc2)S(=O)(=O)c2cccc3ccccc23)c1C. The Morgan fingerprint density at radius 2 is 1.38 bits per heavy atom. The van der Waals surface area contributed by atoms with Gasteiger partial charge in [0, 0.05) is 11.1 Å². The summed E-state index contributed by atoms with van der Waals surface area (Å²) >= 11 is 0. The second-order valence-electron chi connectivity index (χ2n) is 9.20. The fraction of sp³-hybridized carbons (Fsp3) is 0.0938. The molecular formula is C32H28N2O4S. The van der Waals surface area contributed by atoms with Crippen LogP contribution >= 0.6 is 0 Å². The van der Waals surface area contributed by atoms with Gasteiger partial charge in [-0.25, -0.2) is 8.42 Å². The summed E-state index contributed by atoms with van der Waals surface area (Å²) in [6.45, 7) is 3.39. The molecule has 0 radical (unpaired) electrons. The van der Waals surface area contributed by atoms with Crippen LogP contribution < -0.4 is 14.4 Å². The van der Waals surface area contributed by atoms with Gasteiger partial charge in [0.25, 0.3) is 10.0 Å². The van der Waals surface area contributed by atoms with E-state index in [-0.39, 0.29) is 4.90 Å². The second-order valence-corrected chi connectivity index (χ2v) is 11.0. The largest absolute Gasteiger partial charge is 0.457 e. The molecule has 39 heavy (non-hydrogen) atoms. The van der Waals surface area contributed by atoms with Gasteiger partial charge in [-0.2, -0.15) is 0 Å².